The van der Waals surface area contributed by atoms with Crippen LogP contribution in [0, 0.1) is 5.82 Å². The Morgan fingerprint density at radius 1 is 1.00 bits per heavy atom. The third-order valence-corrected chi connectivity index (χ3v) is 7.27. The molecule has 8 heteroatoms. The summed E-state index contributed by atoms with van der Waals surface area (Å²) < 4.78 is 31.7. The summed E-state index contributed by atoms with van der Waals surface area (Å²) in [4.78, 5) is 27.0. The Morgan fingerprint density at radius 2 is 1.77 bits per heavy atom. The lowest BCUT2D eigenvalue weighted by atomic mass is 9.79. The fraction of sp³-hybridized carbons (Fsp3) is 0.226. The van der Waals surface area contributed by atoms with Gasteiger partial charge in [-0.3, -0.25) is 4.79 Å². The molecule has 0 bridgehead atoms. The van der Waals surface area contributed by atoms with Crippen molar-refractivity contribution in [1.29, 1.82) is 0 Å². The molecule has 3 aromatic carbocycles. The number of ether oxygens (including phenoxy) is 3. The molecule has 0 spiro atoms. The zero-order valence-electron chi connectivity index (χ0n) is 21.8. The summed E-state index contributed by atoms with van der Waals surface area (Å²) in [7, 11) is 0. The number of fused-ring (bicyclic) bond motifs is 2. The number of benzene rings is 3. The monoisotopic (exact) mass is 591 g/mol. The summed E-state index contributed by atoms with van der Waals surface area (Å²) >= 11 is 3.61. The molecule has 0 aromatic heterocycles. The minimum atomic E-state index is -0.701. The molecule has 5 rings (SSSR count). The second-order valence-corrected chi connectivity index (χ2v) is 10.0. The van der Waals surface area contributed by atoms with Crippen LogP contribution in [0.5, 0.6) is 11.5 Å². The third-order valence-electron chi connectivity index (χ3n) is 6.68. The average molecular weight is 592 g/mol. The summed E-state index contributed by atoms with van der Waals surface area (Å²) in [5.74, 6) is -0.819. The Kier molecular flexibility index (Phi) is 7.57. The van der Waals surface area contributed by atoms with Gasteiger partial charge in [0.1, 0.15) is 12.4 Å². The first kappa shape index (κ1) is 26.7. The smallest absolute Gasteiger partial charge is 0.336 e. The van der Waals surface area contributed by atoms with E-state index in [1.807, 2.05) is 38.1 Å². The minimum absolute atomic E-state index is 0.124. The van der Waals surface area contributed by atoms with Crippen LogP contribution in [0.4, 0.5) is 4.39 Å². The maximum atomic E-state index is 13.7. The number of nitrogens with one attached hydrogen (secondary N) is 1. The number of ketones is 1. The fourth-order valence-electron chi connectivity index (χ4n) is 5.08. The molecule has 0 fully saturated rings. The van der Waals surface area contributed by atoms with Crippen LogP contribution in [0.1, 0.15) is 53.7 Å². The van der Waals surface area contributed by atoms with E-state index in [9.17, 15) is 14.0 Å². The summed E-state index contributed by atoms with van der Waals surface area (Å²) in [6.07, 6.45) is 0. The first-order chi connectivity index (χ1) is 18.8. The van der Waals surface area contributed by atoms with E-state index in [-0.39, 0.29) is 24.8 Å². The molecule has 1 aliphatic heterocycles. The van der Waals surface area contributed by atoms with E-state index in [1.54, 1.807) is 31.2 Å². The molecular formula is C31H27BrFNO5. The van der Waals surface area contributed by atoms with Crippen molar-refractivity contribution in [3.8, 4) is 11.5 Å². The summed E-state index contributed by atoms with van der Waals surface area (Å²) in [6, 6.07) is 17.2. The number of allylic oxidation sites excluding steroid dienone is 2. The van der Waals surface area contributed by atoms with Crippen LogP contribution < -0.4 is 14.8 Å². The Hall–Kier alpha value is -3.91. The molecule has 0 saturated carbocycles. The summed E-state index contributed by atoms with van der Waals surface area (Å²) in [6.45, 7) is 6.09. The highest BCUT2D eigenvalue weighted by molar-refractivity contribution is 9.10. The maximum Gasteiger partial charge on any atom is 0.336 e. The summed E-state index contributed by atoms with van der Waals surface area (Å²) in [5.41, 5.74) is 4.85. The first-order valence-corrected chi connectivity index (χ1v) is 13.5. The van der Waals surface area contributed by atoms with Gasteiger partial charge in [0.2, 0.25) is 0 Å². The van der Waals surface area contributed by atoms with Gasteiger partial charge in [0.15, 0.2) is 17.3 Å². The second-order valence-electron chi connectivity index (χ2n) is 9.16. The van der Waals surface area contributed by atoms with Gasteiger partial charge in [0, 0.05) is 28.3 Å². The van der Waals surface area contributed by atoms with Gasteiger partial charge in [-0.1, -0.05) is 36.4 Å². The molecule has 0 unspecified atom stereocenters. The number of carbonyl (C=O) groups excluding carboxylic acids is 2. The maximum absolute atomic E-state index is 13.7. The SMILES string of the molecule is CCOC(=O)C1=C(C)NC2=C(C(=O)c3ccccc32)[C@H]1c1cc(Br)c(OCc2cccc(F)c2)c(OCC)c1. The van der Waals surface area contributed by atoms with Gasteiger partial charge in [-0.2, -0.15) is 0 Å². The van der Waals surface area contributed by atoms with E-state index in [0.717, 1.165) is 5.56 Å². The number of esters is 1. The predicted octanol–water partition coefficient (Wildman–Crippen LogP) is 6.70. The van der Waals surface area contributed by atoms with E-state index in [4.69, 9.17) is 14.2 Å². The number of dihydropyridines is 1. The van der Waals surface area contributed by atoms with Crippen LogP contribution >= 0.6 is 15.9 Å². The normalized spacial score (nSPS) is 16.0. The van der Waals surface area contributed by atoms with Gasteiger partial charge in [0.25, 0.3) is 0 Å². The summed E-state index contributed by atoms with van der Waals surface area (Å²) in [5, 5.41) is 3.30. The fourth-order valence-corrected chi connectivity index (χ4v) is 5.66. The van der Waals surface area contributed by atoms with Crippen molar-refractivity contribution >= 4 is 33.4 Å². The van der Waals surface area contributed by atoms with Crippen molar-refractivity contribution in [3.05, 3.63) is 110 Å². The van der Waals surface area contributed by atoms with E-state index in [2.05, 4.69) is 21.2 Å². The van der Waals surface area contributed by atoms with Crippen LogP contribution in [0.15, 0.2) is 82.0 Å². The van der Waals surface area contributed by atoms with Gasteiger partial charge >= 0.3 is 5.97 Å². The Morgan fingerprint density at radius 3 is 2.49 bits per heavy atom. The molecule has 200 valence electrons. The molecule has 2 aliphatic rings. The van der Waals surface area contributed by atoms with E-state index in [1.165, 1.54) is 12.1 Å². The van der Waals surface area contributed by atoms with Crippen molar-refractivity contribution in [2.45, 2.75) is 33.3 Å². The van der Waals surface area contributed by atoms with Crippen LogP contribution in [0.3, 0.4) is 0 Å². The highest BCUT2D eigenvalue weighted by Crippen LogP contribution is 2.49. The number of halogens is 2. The molecule has 1 aliphatic carbocycles. The van der Waals surface area contributed by atoms with Crippen molar-refractivity contribution in [1.82, 2.24) is 5.32 Å². The largest absolute Gasteiger partial charge is 0.490 e. The second kappa shape index (κ2) is 11.1. The molecule has 1 atom stereocenters. The van der Waals surface area contributed by atoms with Crippen LogP contribution in [-0.4, -0.2) is 25.0 Å². The van der Waals surface area contributed by atoms with Gasteiger partial charge in [-0.25, -0.2) is 9.18 Å². The van der Waals surface area contributed by atoms with Crippen molar-refractivity contribution in [2.75, 3.05) is 13.2 Å². The zero-order valence-corrected chi connectivity index (χ0v) is 23.4. The van der Waals surface area contributed by atoms with E-state index >= 15 is 0 Å². The highest BCUT2D eigenvalue weighted by atomic mass is 79.9. The average Bonchev–Trinajstić information content (AvgIpc) is 3.19. The Bertz CT molecular complexity index is 1540. The standard InChI is InChI=1S/C31H27BrFNO5/c1-4-37-24-15-19(14-23(32)30(24)39-16-18-9-8-10-20(33)13-18)26-25(31(36)38-5-2)17(3)34-28-21-11-6-7-12-22(21)29(35)27(26)28/h6-15,26,34H,4-5,16H2,1-3H3/t26-/m0/s1. The molecule has 1 heterocycles. The number of hydrogen-bond acceptors (Lipinski definition) is 6. The van der Waals surface area contributed by atoms with Crippen molar-refractivity contribution in [2.24, 2.45) is 0 Å². The number of Topliss-reactive ketones (excluding diaryl/α,β-unsaturated/α-hetero) is 1. The Labute approximate surface area is 234 Å². The molecule has 6 nitrogen and oxygen atoms in total. The van der Waals surface area contributed by atoms with E-state index in [0.29, 0.717) is 61.8 Å². The highest BCUT2D eigenvalue weighted by Gasteiger charge is 2.43. The van der Waals surface area contributed by atoms with Crippen molar-refractivity contribution in [3.63, 3.8) is 0 Å². The van der Waals surface area contributed by atoms with E-state index < -0.39 is 11.9 Å². The van der Waals surface area contributed by atoms with Crippen LogP contribution in [0.25, 0.3) is 5.70 Å². The lowest BCUT2D eigenvalue weighted by Gasteiger charge is -2.30. The Balaban J connectivity index is 1.62. The predicted molar refractivity (Wildman–Crippen MR) is 149 cm³/mol. The number of hydrogen-bond donors (Lipinski definition) is 1. The molecule has 0 saturated heterocycles. The van der Waals surface area contributed by atoms with Crippen molar-refractivity contribution < 1.29 is 28.2 Å². The van der Waals surface area contributed by atoms with Gasteiger partial charge in [0.05, 0.1) is 29.0 Å². The molecule has 0 amide bonds. The van der Waals surface area contributed by atoms with Gasteiger partial charge < -0.3 is 19.5 Å². The molecular weight excluding hydrogens is 565 g/mol. The topological polar surface area (TPSA) is 73.9 Å². The number of carbonyl (C=O) groups is 2. The molecule has 39 heavy (non-hydrogen) atoms. The molecule has 3 aromatic rings. The quantitative estimate of drug-likeness (QED) is 0.294. The third kappa shape index (κ3) is 4.96. The minimum Gasteiger partial charge on any atom is -0.490 e. The van der Waals surface area contributed by atoms with Crippen LogP contribution in [-0.2, 0) is 16.1 Å². The lowest BCUT2D eigenvalue weighted by molar-refractivity contribution is -0.138. The molecule has 1 N–H and O–H groups in total. The zero-order chi connectivity index (χ0) is 27.7. The number of rotatable bonds is 8. The lowest BCUT2D eigenvalue weighted by Crippen LogP contribution is -2.29. The van der Waals surface area contributed by atoms with Gasteiger partial charge in [-0.05, 0) is 72.1 Å². The molecule has 0 radical (unpaired) electrons. The van der Waals surface area contributed by atoms with Gasteiger partial charge in [-0.15, -0.1) is 0 Å². The van der Waals surface area contributed by atoms with Crippen LogP contribution in [0.2, 0.25) is 0 Å². The first-order valence-electron chi connectivity index (χ1n) is 12.7.